The summed E-state index contributed by atoms with van der Waals surface area (Å²) in [5, 5.41) is 46.6. The molecule has 0 aliphatic carbocycles. The van der Waals surface area contributed by atoms with Crippen LogP contribution in [0.15, 0.2) is 54.6 Å². The minimum absolute atomic E-state index is 0.114. The van der Waals surface area contributed by atoms with E-state index in [-0.39, 0.29) is 37.5 Å². The topological polar surface area (TPSA) is 145 Å². The lowest BCUT2D eigenvalue weighted by atomic mass is 9.95. The van der Waals surface area contributed by atoms with Crippen molar-refractivity contribution in [1.82, 2.24) is 15.1 Å². The van der Waals surface area contributed by atoms with Gasteiger partial charge in [-0.25, -0.2) is 9.07 Å². The van der Waals surface area contributed by atoms with E-state index in [0.717, 1.165) is 5.56 Å². The number of amides is 1. The second-order valence-corrected chi connectivity index (χ2v) is 9.55. The number of carbonyl (C=O) groups excluding carboxylic acids is 1. The number of carboxylic acids is 1. The molecule has 0 aliphatic heterocycles. The van der Waals surface area contributed by atoms with Gasteiger partial charge in [-0.15, -0.1) is 0 Å². The summed E-state index contributed by atoms with van der Waals surface area (Å²) in [4.78, 5) is 24.3. The van der Waals surface area contributed by atoms with Gasteiger partial charge in [0, 0.05) is 11.3 Å². The Balaban J connectivity index is 1.96. The molecule has 3 aromatic rings. The van der Waals surface area contributed by atoms with Crippen molar-refractivity contribution in [3.63, 3.8) is 0 Å². The summed E-state index contributed by atoms with van der Waals surface area (Å²) in [5.41, 5.74) is 2.66. The van der Waals surface area contributed by atoms with E-state index in [4.69, 9.17) is 5.11 Å². The van der Waals surface area contributed by atoms with E-state index in [1.807, 2.05) is 32.0 Å². The monoisotopic (exact) mass is 527 g/mol. The first-order valence-electron chi connectivity index (χ1n) is 12.5. The highest BCUT2D eigenvalue weighted by molar-refractivity contribution is 5.94. The van der Waals surface area contributed by atoms with Crippen LogP contribution in [0.1, 0.15) is 72.4 Å². The molecule has 1 heterocycles. The van der Waals surface area contributed by atoms with Crippen LogP contribution in [0.5, 0.6) is 0 Å². The summed E-state index contributed by atoms with van der Waals surface area (Å²) in [5.74, 6) is -2.23. The number of aliphatic hydroxyl groups is 3. The van der Waals surface area contributed by atoms with Crippen LogP contribution in [0.2, 0.25) is 0 Å². The van der Waals surface area contributed by atoms with E-state index >= 15 is 0 Å². The third-order valence-corrected chi connectivity index (χ3v) is 6.24. The zero-order valence-corrected chi connectivity index (χ0v) is 21.4. The Labute approximate surface area is 220 Å². The van der Waals surface area contributed by atoms with Crippen molar-refractivity contribution in [1.29, 1.82) is 0 Å². The van der Waals surface area contributed by atoms with Crippen molar-refractivity contribution in [3.8, 4) is 5.69 Å². The molecule has 2 aromatic carbocycles. The number of nitrogens with one attached hydrogen (secondary N) is 1. The molecule has 204 valence electrons. The molecule has 0 fully saturated rings. The number of carbonyl (C=O) groups is 2. The van der Waals surface area contributed by atoms with Crippen molar-refractivity contribution in [3.05, 3.63) is 82.9 Å². The number of hydrogen-bond donors (Lipinski definition) is 5. The van der Waals surface area contributed by atoms with Crippen LogP contribution in [-0.4, -0.2) is 60.9 Å². The van der Waals surface area contributed by atoms with Gasteiger partial charge in [-0.3, -0.25) is 9.59 Å². The first kappa shape index (κ1) is 29.0. The van der Waals surface area contributed by atoms with Crippen molar-refractivity contribution in [2.75, 3.05) is 6.61 Å². The molecule has 0 bridgehead atoms. The SMILES string of the molecule is CC(C)c1c(C(=O)NC(CO)c2ccccc2)nn(-c2ccc(F)cc2)c1CC[C@@H](O)C[C@@H](O)CC(=O)O. The molecule has 3 rings (SSSR count). The van der Waals surface area contributed by atoms with Gasteiger partial charge in [0.15, 0.2) is 5.69 Å². The van der Waals surface area contributed by atoms with Crippen molar-refractivity contribution >= 4 is 11.9 Å². The van der Waals surface area contributed by atoms with Crippen LogP contribution >= 0.6 is 0 Å². The molecule has 0 radical (unpaired) electrons. The number of nitrogens with zero attached hydrogens (tertiary/aromatic N) is 2. The van der Waals surface area contributed by atoms with Gasteiger partial charge in [-0.1, -0.05) is 44.2 Å². The predicted octanol–water partition coefficient (Wildman–Crippen LogP) is 3.12. The Hall–Kier alpha value is -3.60. The van der Waals surface area contributed by atoms with Crippen LogP contribution in [0.25, 0.3) is 5.69 Å². The van der Waals surface area contributed by atoms with Crippen LogP contribution in [0.4, 0.5) is 4.39 Å². The molecular weight excluding hydrogens is 493 g/mol. The summed E-state index contributed by atoms with van der Waals surface area (Å²) in [6, 6.07) is 14.0. The molecule has 1 amide bonds. The maximum absolute atomic E-state index is 13.6. The highest BCUT2D eigenvalue weighted by Gasteiger charge is 2.28. The fourth-order valence-corrected chi connectivity index (χ4v) is 4.44. The number of aliphatic hydroxyl groups excluding tert-OH is 3. The van der Waals surface area contributed by atoms with Gasteiger partial charge in [-0.05, 0) is 55.0 Å². The normalized spacial score (nSPS) is 13.8. The van der Waals surface area contributed by atoms with Gasteiger partial charge in [0.2, 0.25) is 0 Å². The molecular formula is C28H34FN3O6. The Kier molecular flexibility index (Phi) is 10.1. The summed E-state index contributed by atoms with van der Waals surface area (Å²) in [6.45, 7) is 3.49. The van der Waals surface area contributed by atoms with Gasteiger partial charge in [0.05, 0.1) is 37.0 Å². The minimum atomic E-state index is -1.19. The third kappa shape index (κ3) is 7.47. The highest BCUT2D eigenvalue weighted by atomic mass is 19.1. The molecule has 0 spiro atoms. The number of halogens is 1. The van der Waals surface area contributed by atoms with Crippen LogP contribution in [0, 0.1) is 5.82 Å². The number of aromatic nitrogens is 2. The number of benzene rings is 2. The van der Waals surface area contributed by atoms with Gasteiger partial charge in [-0.2, -0.15) is 5.10 Å². The van der Waals surface area contributed by atoms with Gasteiger partial charge >= 0.3 is 5.97 Å². The second-order valence-electron chi connectivity index (χ2n) is 9.55. The number of hydrogen-bond acceptors (Lipinski definition) is 6. The molecule has 1 unspecified atom stereocenters. The molecule has 10 heteroatoms. The lowest BCUT2D eigenvalue weighted by molar-refractivity contribution is -0.139. The molecule has 5 N–H and O–H groups in total. The Morgan fingerprint density at radius 1 is 1.03 bits per heavy atom. The number of aliphatic carboxylic acids is 1. The maximum atomic E-state index is 13.6. The summed E-state index contributed by atoms with van der Waals surface area (Å²) < 4.78 is 15.2. The Morgan fingerprint density at radius 2 is 1.68 bits per heavy atom. The summed E-state index contributed by atoms with van der Waals surface area (Å²) >= 11 is 0. The fourth-order valence-electron chi connectivity index (χ4n) is 4.44. The quantitative estimate of drug-likeness (QED) is 0.230. The predicted molar refractivity (Wildman–Crippen MR) is 139 cm³/mol. The smallest absolute Gasteiger partial charge is 0.305 e. The van der Waals surface area contributed by atoms with Crippen LogP contribution in [0.3, 0.4) is 0 Å². The molecule has 0 saturated carbocycles. The molecule has 38 heavy (non-hydrogen) atoms. The van der Waals surface area contributed by atoms with Gasteiger partial charge in [0.25, 0.3) is 5.91 Å². The molecule has 1 aromatic heterocycles. The Bertz CT molecular complexity index is 1210. The maximum Gasteiger partial charge on any atom is 0.305 e. The Morgan fingerprint density at radius 3 is 2.26 bits per heavy atom. The lowest BCUT2D eigenvalue weighted by Gasteiger charge is -2.18. The third-order valence-electron chi connectivity index (χ3n) is 6.24. The zero-order valence-electron chi connectivity index (χ0n) is 21.4. The summed E-state index contributed by atoms with van der Waals surface area (Å²) in [6.07, 6.45) is -2.34. The largest absolute Gasteiger partial charge is 0.481 e. The molecule has 3 atom stereocenters. The van der Waals surface area contributed by atoms with E-state index in [2.05, 4.69) is 10.4 Å². The van der Waals surface area contributed by atoms with E-state index in [0.29, 0.717) is 16.9 Å². The number of carboxylic acid groups (broad SMARTS) is 1. The van der Waals surface area contributed by atoms with Crippen LogP contribution < -0.4 is 5.32 Å². The molecule has 0 saturated heterocycles. The van der Waals surface area contributed by atoms with E-state index in [1.165, 1.54) is 24.3 Å². The summed E-state index contributed by atoms with van der Waals surface area (Å²) in [7, 11) is 0. The van der Waals surface area contributed by atoms with E-state index in [1.54, 1.807) is 16.8 Å². The minimum Gasteiger partial charge on any atom is -0.481 e. The van der Waals surface area contributed by atoms with Gasteiger partial charge in [0.1, 0.15) is 5.82 Å². The molecule has 9 nitrogen and oxygen atoms in total. The average Bonchev–Trinajstić information content (AvgIpc) is 3.26. The van der Waals surface area contributed by atoms with Crippen molar-refractivity contribution < 1.29 is 34.4 Å². The number of rotatable bonds is 13. The highest BCUT2D eigenvalue weighted by Crippen LogP contribution is 2.29. The zero-order chi connectivity index (χ0) is 27.8. The van der Waals surface area contributed by atoms with Crippen molar-refractivity contribution in [2.45, 2.75) is 63.7 Å². The first-order chi connectivity index (χ1) is 18.1. The van der Waals surface area contributed by atoms with Gasteiger partial charge < -0.3 is 25.7 Å². The standard InChI is InChI=1S/C28H34FN3O6/c1-17(2)26-24(13-12-21(34)14-22(35)15-25(36)37)32(20-10-8-19(29)9-11-20)31-27(26)28(38)30-23(16-33)18-6-4-3-5-7-18/h3-11,17,21-23,33-35H,12-16H2,1-2H3,(H,30,38)(H,36,37)/t21-,22-,23?/m1/s1. The fraction of sp³-hybridized carbons (Fsp3) is 0.393. The first-order valence-corrected chi connectivity index (χ1v) is 12.5. The van der Waals surface area contributed by atoms with E-state index in [9.17, 15) is 29.3 Å². The molecule has 0 aliphatic rings. The lowest BCUT2D eigenvalue weighted by Crippen LogP contribution is -2.31. The second kappa shape index (κ2) is 13.3. The van der Waals surface area contributed by atoms with Crippen molar-refractivity contribution in [2.24, 2.45) is 0 Å². The average molecular weight is 528 g/mol. The van der Waals surface area contributed by atoms with E-state index < -0.39 is 42.4 Å². The van der Waals surface area contributed by atoms with Crippen LogP contribution in [-0.2, 0) is 11.2 Å².